The van der Waals surface area contributed by atoms with Crippen LogP contribution in [0, 0.1) is 62.3 Å². The number of aryl methyl sites for hydroxylation is 17. The molecule has 0 spiro atoms. The summed E-state index contributed by atoms with van der Waals surface area (Å²) in [7, 11) is 20.8. The maximum Gasteiger partial charge on any atom is 0.307 e. The second kappa shape index (κ2) is 73.9. The zero-order valence-corrected chi connectivity index (χ0v) is 98.5. The molecule has 0 aliphatic carbocycles. The van der Waals surface area contributed by atoms with E-state index in [-0.39, 0.29) is 0 Å². The van der Waals surface area contributed by atoms with Crippen LogP contribution in [0.2, 0.25) is 0 Å². The molecule has 0 fully saturated rings. The summed E-state index contributed by atoms with van der Waals surface area (Å²) >= 11 is 1.88. The van der Waals surface area contributed by atoms with Crippen molar-refractivity contribution in [3.05, 3.63) is 252 Å². The molecule has 758 valence electrons. The fourth-order valence-corrected chi connectivity index (χ4v) is 16.4. The van der Waals surface area contributed by atoms with Gasteiger partial charge in [-0.05, 0) is 156 Å². The van der Waals surface area contributed by atoms with E-state index in [9.17, 15) is 0 Å². The number of rotatable bonds is 4. The van der Waals surface area contributed by atoms with E-state index in [0.717, 1.165) is 28.2 Å². The lowest BCUT2D eigenvalue weighted by atomic mass is 9.91. The quantitative estimate of drug-likeness (QED) is 0.130. The van der Waals surface area contributed by atoms with Crippen LogP contribution in [0.25, 0.3) is 137 Å². The first-order valence-corrected chi connectivity index (χ1v) is 53.2. The van der Waals surface area contributed by atoms with Crippen LogP contribution in [-0.2, 0) is 70.5 Å². The molecule has 10 heterocycles. The molecule has 0 unspecified atom stereocenters. The van der Waals surface area contributed by atoms with Gasteiger partial charge in [-0.25, -0.2) is 51.1 Å². The molecule has 137 heavy (non-hydrogen) atoms. The second-order valence-corrected chi connectivity index (χ2v) is 28.6. The van der Waals surface area contributed by atoms with E-state index < -0.39 is 0 Å². The number of nitrogens with zero attached hydrogens (tertiary/aromatic N) is 13. The number of thiophene rings is 1. The Hall–Kier alpha value is -11.3. The normalized spacial score (nSPS) is 9.28. The molecule has 0 bridgehead atoms. The minimum atomic E-state index is 0.943. The Labute approximate surface area is 841 Å². The van der Waals surface area contributed by atoms with Crippen molar-refractivity contribution in [1.29, 1.82) is 0 Å². The van der Waals surface area contributed by atoms with Gasteiger partial charge in [0.2, 0.25) is 0 Å². The molecule has 14 nitrogen and oxygen atoms in total. The molecule has 0 N–H and O–H groups in total. The number of imidazole rings is 5. The number of furan rings is 1. The summed E-state index contributed by atoms with van der Waals surface area (Å²) in [5.74, 6) is 4.73. The fourth-order valence-electron chi connectivity index (χ4n) is 15.3. The third-order valence-electron chi connectivity index (χ3n) is 20.9. The number of hydrogen-bond acceptors (Lipinski definition) is 4. The Morgan fingerprint density at radius 2 is 0.664 bits per heavy atom. The number of aromatic nitrogens is 13. The second-order valence-electron chi connectivity index (χ2n) is 27.5. The van der Waals surface area contributed by atoms with Gasteiger partial charge >= 0.3 is 5.82 Å². The zero-order valence-electron chi connectivity index (χ0n) is 97.7. The smallest absolute Gasteiger partial charge is 0.307 e. The standard InChI is InChI=1S/C21H23N2.C19H20N3.C18H17N2O.C18H17N2S.C10H13N4.18C2H6/c1-12-8-7-9-17-18(12)21-22(6)10-11-23(21)20-16(5)14(3)13(2)15(4)19(17)20;1-13-11-16-14-7-5-6-8-17(14)22(4)18(16)12-15(13)19-20(2)9-10-21(19)3;2*1-12-10-15-13-6-4-5-7-16(13)21-17(15)11-14(12)18-19(2)8-9-20(18)3;1-8-6-11-7-12-9(8)10-13(2)4-5-14(10)3;18*1-2/h7-11H,1-6H3;5-12H,1-4H3;2*4-11H,1-3H3;4-7H,1-3H3;18*1-2H3/q5*+1;;;;;;;;;;;;;;;;;;. The van der Waals surface area contributed by atoms with Crippen LogP contribution in [0.4, 0.5) is 0 Å². The molecule has 0 amide bonds. The maximum atomic E-state index is 6.01. The summed E-state index contributed by atoms with van der Waals surface area (Å²) in [4.78, 5) is 8.27. The van der Waals surface area contributed by atoms with Gasteiger partial charge in [-0.1, -0.05) is 322 Å². The molecule has 0 saturated heterocycles. The molecule has 0 saturated carbocycles. The van der Waals surface area contributed by atoms with Gasteiger partial charge in [0.05, 0.1) is 85.5 Å². The van der Waals surface area contributed by atoms with Gasteiger partial charge in [0.1, 0.15) is 85.0 Å². The van der Waals surface area contributed by atoms with Crippen molar-refractivity contribution in [2.75, 3.05) is 0 Å². The lowest BCUT2D eigenvalue weighted by Crippen LogP contribution is -2.29. The minimum Gasteiger partial charge on any atom is -0.456 e. The van der Waals surface area contributed by atoms with Crippen molar-refractivity contribution < 1.29 is 27.3 Å². The van der Waals surface area contributed by atoms with Gasteiger partial charge in [-0.3, -0.25) is 0 Å². The molecular weight excluding hydrogens is 1700 g/mol. The zero-order chi connectivity index (χ0) is 107. The van der Waals surface area contributed by atoms with Gasteiger partial charge in [0, 0.05) is 87.9 Å². The molecule has 0 aliphatic rings. The van der Waals surface area contributed by atoms with Crippen LogP contribution >= 0.6 is 11.3 Å². The minimum absolute atomic E-state index is 0.943. The van der Waals surface area contributed by atoms with E-state index in [1.807, 2.05) is 312 Å². The number of pyridine rings is 1. The number of benzene rings is 8. The summed E-state index contributed by atoms with van der Waals surface area (Å²) in [6, 6.07) is 45.8. The largest absolute Gasteiger partial charge is 0.456 e. The highest BCUT2D eigenvalue weighted by Crippen LogP contribution is 2.41. The highest BCUT2D eigenvalue weighted by atomic mass is 32.1. The summed E-state index contributed by atoms with van der Waals surface area (Å²) in [5.41, 5.74) is 23.8. The first-order valence-electron chi connectivity index (χ1n) is 52.4. The van der Waals surface area contributed by atoms with Crippen molar-refractivity contribution in [3.8, 4) is 45.7 Å². The Kier molecular flexibility index (Phi) is 72.4. The summed E-state index contributed by atoms with van der Waals surface area (Å²) in [6.07, 6.45) is 24.3. The first kappa shape index (κ1) is 134. The SMILES string of the molecule is CC.CC.CC.CC.CC.CC.CC.CC.CC.CC.CC.CC.CC.CC.CC.CC.CC.CC.Cc1c(C)c(C)c2c(c1C)c1cccc(C)c1c1n2cc[n+]1C.Cc1cc2c(cc1-c1n(C)cc[n+]1C)oc1ccccc12.Cc1cc2c(cc1-c1n(C)cc[n+]1C)sc1ccccc12.Cc1cc2c3ccccc3n(C)c2cc1-c1n(C)cc[n+]1C.Cc1cncnc1-c1n(C)cc[n+]1C. The van der Waals surface area contributed by atoms with Gasteiger partial charge in [-0.15, -0.1) is 11.3 Å². The molecule has 15 heteroatoms. The maximum absolute atomic E-state index is 6.01. The number of fused-ring (bicyclic) bond motifs is 15. The predicted octanol–water partition coefficient (Wildman–Crippen LogP) is 35.1. The van der Waals surface area contributed by atoms with E-state index in [1.165, 1.54) is 159 Å². The summed E-state index contributed by atoms with van der Waals surface area (Å²) < 4.78 is 32.7. The highest BCUT2D eigenvalue weighted by Gasteiger charge is 2.26. The molecular formula is C122H198N13OS+5. The molecule has 0 atom stereocenters. The Balaban J connectivity index is -0.000000490. The number of hydrogen-bond donors (Lipinski definition) is 0. The van der Waals surface area contributed by atoms with E-state index >= 15 is 0 Å². The van der Waals surface area contributed by atoms with Gasteiger partial charge in [0.15, 0.2) is 5.69 Å². The van der Waals surface area contributed by atoms with Crippen LogP contribution in [0.3, 0.4) is 0 Å². The van der Waals surface area contributed by atoms with Gasteiger partial charge in [0.25, 0.3) is 23.1 Å². The van der Waals surface area contributed by atoms with Crippen LogP contribution in [-0.4, -0.2) is 37.2 Å². The van der Waals surface area contributed by atoms with Crippen LogP contribution in [0.15, 0.2) is 206 Å². The third kappa shape index (κ3) is 32.7. The Morgan fingerprint density at radius 3 is 1.12 bits per heavy atom. The Morgan fingerprint density at radius 1 is 0.285 bits per heavy atom. The summed E-state index contributed by atoms with van der Waals surface area (Å²) in [6.45, 7) is 91.8. The first-order chi connectivity index (χ1) is 66.5. The molecule has 8 aromatic carbocycles. The van der Waals surface area contributed by atoms with Crippen molar-refractivity contribution in [2.24, 2.45) is 70.5 Å². The molecule has 18 aromatic rings. The van der Waals surface area contributed by atoms with E-state index in [2.05, 4.69) is 337 Å². The Bertz CT molecular complexity index is 6050. The molecule has 18 rings (SSSR count). The van der Waals surface area contributed by atoms with Crippen molar-refractivity contribution in [3.63, 3.8) is 0 Å². The van der Waals surface area contributed by atoms with Crippen LogP contribution in [0.5, 0.6) is 0 Å². The van der Waals surface area contributed by atoms with Crippen LogP contribution < -0.4 is 22.8 Å². The lowest BCUT2D eigenvalue weighted by Gasteiger charge is -2.15. The average Bonchev–Trinajstić information content (AvgIpc) is 1.61. The highest BCUT2D eigenvalue weighted by molar-refractivity contribution is 7.25. The van der Waals surface area contributed by atoms with Crippen molar-refractivity contribution in [1.82, 2.24) is 37.2 Å². The van der Waals surface area contributed by atoms with E-state index in [0.29, 0.717) is 0 Å². The summed E-state index contributed by atoms with van der Waals surface area (Å²) in [5, 5.41) is 11.9. The van der Waals surface area contributed by atoms with E-state index in [1.54, 1.807) is 6.33 Å². The fraction of sp³-hybridized carbons (Fsp3) is 0.451. The topological polar surface area (TPSA) is 87.4 Å². The average molecular weight is 1900 g/mol. The van der Waals surface area contributed by atoms with Crippen molar-refractivity contribution >= 4 is 103 Å². The van der Waals surface area contributed by atoms with Gasteiger partial charge in [-0.2, -0.15) is 4.40 Å². The molecule has 0 aliphatic heterocycles. The number of para-hydroxylation sites is 2. The predicted molar refractivity (Wildman–Crippen MR) is 618 cm³/mol. The van der Waals surface area contributed by atoms with Gasteiger partial charge < -0.3 is 8.98 Å². The third-order valence-corrected chi connectivity index (χ3v) is 22.1. The molecule has 0 radical (unpaired) electrons. The van der Waals surface area contributed by atoms with Crippen molar-refractivity contribution in [2.45, 2.75) is 312 Å². The monoisotopic (exact) mass is 1890 g/mol. The van der Waals surface area contributed by atoms with Crippen LogP contribution in [0.1, 0.15) is 299 Å². The van der Waals surface area contributed by atoms with E-state index in [4.69, 9.17) is 4.42 Å². The lowest BCUT2D eigenvalue weighted by molar-refractivity contribution is -0.659. The molecule has 10 aromatic heterocycles.